The Labute approximate surface area is 92.0 Å². The number of pyridine rings is 1. The van der Waals surface area contributed by atoms with Crippen LogP contribution in [0, 0.1) is 0 Å². The highest BCUT2D eigenvalue weighted by atomic mass is 79.9. The lowest BCUT2D eigenvalue weighted by molar-refractivity contribution is 0.189. The van der Waals surface area contributed by atoms with Gasteiger partial charge in [-0.2, -0.15) is 0 Å². The molecule has 1 fully saturated rings. The van der Waals surface area contributed by atoms with Gasteiger partial charge in [0.05, 0.1) is 12.3 Å². The molecule has 1 aliphatic heterocycles. The topological polar surface area (TPSA) is 34.1 Å². The van der Waals surface area contributed by atoms with Gasteiger partial charge in [0.1, 0.15) is 4.60 Å². The van der Waals surface area contributed by atoms with E-state index < -0.39 is 0 Å². The maximum absolute atomic E-state index is 5.28. The van der Waals surface area contributed by atoms with Gasteiger partial charge in [-0.15, -0.1) is 0 Å². The third kappa shape index (κ3) is 2.77. The van der Waals surface area contributed by atoms with Crippen molar-refractivity contribution in [1.82, 2.24) is 10.3 Å². The van der Waals surface area contributed by atoms with Crippen LogP contribution in [0.1, 0.15) is 12.1 Å². The number of halogens is 1. The second-order valence-corrected chi connectivity index (χ2v) is 4.21. The number of rotatable bonds is 3. The molecule has 0 saturated carbocycles. The van der Waals surface area contributed by atoms with E-state index >= 15 is 0 Å². The van der Waals surface area contributed by atoms with Gasteiger partial charge >= 0.3 is 0 Å². The predicted octanol–water partition coefficient (Wildman–Crippen LogP) is 1.72. The number of hydrogen-bond acceptors (Lipinski definition) is 3. The van der Waals surface area contributed by atoms with Gasteiger partial charge in [-0.1, -0.05) is 6.07 Å². The zero-order valence-electron chi connectivity index (χ0n) is 7.87. The maximum Gasteiger partial charge on any atom is 0.106 e. The van der Waals surface area contributed by atoms with Crippen LogP contribution in [0.4, 0.5) is 0 Å². The van der Waals surface area contributed by atoms with Crippen molar-refractivity contribution in [3.63, 3.8) is 0 Å². The van der Waals surface area contributed by atoms with Crippen LogP contribution in [-0.4, -0.2) is 24.2 Å². The van der Waals surface area contributed by atoms with Crippen molar-refractivity contribution in [2.24, 2.45) is 0 Å². The van der Waals surface area contributed by atoms with E-state index in [9.17, 15) is 0 Å². The summed E-state index contributed by atoms with van der Waals surface area (Å²) in [6.07, 6.45) is 1.11. The molecule has 3 nitrogen and oxygen atoms in total. The summed E-state index contributed by atoms with van der Waals surface area (Å²) in [5, 5.41) is 3.42. The minimum Gasteiger partial charge on any atom is -0.380 e. The molecule has 4 heteroatoms. The van der Waals surface area contributed by atoms with Crippen LogP contribution in [-0.2, 0) is 11.3 Å². The Morgan fingerprint density at radius 1 is 1.57 bits per heavy atom. The molecule has 0 aromatic carbocycles. The lowest BCUT2D eigenvalue weighted by atomic mass is 10.2. The molecule has 1 N–H and O–H groups in total. The van der Waals surface area contributed by atoms with Gasteiger partial charge in [0.15, 0.2) is 0 Å². The zero-order chi connectivity index (χ0) is 9.80. The third-order valence-corrected chi connectivity index (χ3v) is 2.72. The average Bonchev–Trinajstić information content (AvgIpc) is 2.67. The molecule has 2 rings (SSSR count). The number of nitrogens with one attached hydrogen (secondary N) is 1. The molecule has 0 spiro atoms. The predicted molar refractivity (Wildman–Crippen MR) is 58.0 cm³/mol. The lowest BCUT2D eigenvalue weighted by Crippen LogP contribution is -2.28. The van der Waals surface area contributed by atoms with Crippen LogP contribution in [0.15, 0.2) is 22.8 Å². The van der Waals surface area contributed by atoms with E-state index in [1.54, 1.807) is 0 Å². The minimum atomic E-state index is 0.496. The zero-order valence-corrected chi connectivity index (χ0v) is 9.46. The summed E-state index contributed by atoms with van der Waals surface area (Å²) in [5.41, 5.74) is 1.06. The normalized spacial score (nSPS) is 21.4. The van der Waals surface area contributed by atoms with Crippen molar-refractivity contribution >= 4 is 15.9 Å². The first kappa shape index (κ1) is 10.1. The van der Waals surface area contributed by atoms with E-state index in [2.05, 4.69) is 26.2 Å². The fourth-order valence-electron chi connectivity index (χ4n) is 1.49. The summed E-state index contributed by atoms with van der Waals surface area (Å²) < 4.78 is 6.17. The fraction of sp³-hybridized carbons (Fsp3) is 0.500. The summed E-state index contributed by atoms with van der Waals surface area (Å²) in [7, 11) is 0. The number of hydrogen-bond donors (Lipinski definition) is 1. The largest absolute Gasteiger partial charge is 0.380 e. The summed E-state index contributed by atoms with van der Waals surface area (Å²) in [5.74, 6) is 0. The molecule has 2 heterocycles. The smallest absolute Gasteiger partial charge is 0.106 e. The second kappa shape index (κ2) is 4.87. The Kier molecular flexibility index (Phi) is 3.50. The van der Waals surface area contributed by atoms with Crippen LogP contribution in [0.5, 0.6) is 0 Å². The summed E-state index contributed by atoms with van der Waals surface area (Å²) in [6.45, 7) is 2.52. The first-order chi connectivity index (χ1) is 6.84. The Balaban J connectivity index is 1.85. The molecule has 0 radical (unpaired) electrons. The van der Waals surface area contributed by atoms with Crippen molar-refractivity contribution in [3.8, 4) is 0 Å². The Morgan fingerprint density at radius 2 is 2.50 bits per heavy atom. The SMILES string of the molecule is Brc1cccc(CNC2CCOC2)n1. The van der Waals surface area contributed by atoms with Gasteiger partial charge in [-0.3, -0.25) is 0 Å². The lowest BCUT2D eigenvalue weighted by Gasteiger charge is -2.09. The Bertz CT molecular complexity index is 300. The second-order valence-electron chi connectivity index (χ2n) is 3.39. The molecule has 0 bridgehead atoms. The van der Waals surface area contributed by atoms with Gasteiger partial charge in [0.25, 0.3) is 0 Å². The van der Waals surface area contributed by atoms with Crippen LogP contribution in [0.25, 0.3) is 0 Å². The van der Waals surface area contributed by atoms with Crippen LogP contribution in [0.2, 0.25) is 0 Å². The molecular weight excluding hydrogens is 244 g/mol. The minimum absolute atomic E-state index is 0.496. The van der Waals surface area contributed by atoms with Gasteiger partial charge in [-0.05, 0) is 34.5 Å². The van der Waals surface area contributed by atoms with Crippen LogP contribution < -0.4 is 5.32 Å². The van der Waals surface area contributed by atoms with Gasteiger partial charge in [0, 0.05) is 19.2 Å². The molecular formula is C10H13BrN2O. The van der Waals surface area contributed by atoms with E-state index in [1.807, 2.05) is 18.2 Å². The molecule has 1 saturated heterocycles. The molecule has 14 heavy (non-hydrogen) atoms. The monoisotopic (exact) mass is 256 g/mol. The summed E-state index contributed by atoms with van der Waals surface area (Å²) in [4.78, 5) is 4.35. The average molecular weight is 257 g/mol. The van der Waals surface area contributed by atoms with E-state index in [0.29, 0.717) is 6.04 Å². The first-order valence-electron chi connectivity index (χ1n) is 4.77. The van der Waals surface area contributed by atoms with E-state index in [0.717, 1.165) is 36.5 Å². The van der Waals surface area contributed by atoms with Gasteiger partial charge < -0.3 is 10.1 Å². The van der Waals surface area contributed by atoms with Crippen molar-refractivity contribution in [3.05, 3.63) is 28.5 Å². The number of aromatic nitrogens is 1. The molecule has 76 valence electrons. The van der Waals surface area contributed by atoms with Crippen molar-refractivity contribution in [2.45, 2.75) is 19.0 Å². The Hall–Kier alpha value is -0.450. The number of ether oxygens (including phenoxy) is 1. The molecule has 0 amide bonds. The molecule has 1 aromatic rings. The summed E-state index contributed by atoms with van der Waals surface area (Å²) in [6, 6.07) is 6.45. The highest BCUT2D eigenvalue weighted by Gasteiger charge is 2.14. The van der Waals surface area contributed by atoms with Crippen LogP contribution in [0.3, 0.4) is 0 Å². The van der Waals surface area contributed by atoms with Gasteiger partial charge in [0.2, 0.25) is 0 Å². The quantitative estimate of drug-likeness (QED) is 0.837. The number of nitrogens with zero attached hydrogens (tertiary/aromatic N) is 1. The highest BCUT2D eigenvalue weighted by Crippen LogP contribution is 2.08. The molecule has 1 unspecified atom stereocenters. The van der Waals surface area contributed by atoms with Crippen molar-refractivity contribution < 1.29 is 4.74 Å². The highest BCUT2D eigenvalue weighted by molar-refractivity contribution is 9.10. The summed E-state index contributed by atoms with van der Waals surface area (Å²) >= 11 is 3.35. The van der Waals surface area contributed by atoms with Crippen LogP contribution >= 0.6 is 15.9 Å². The standard InChI is InChI=1S/C10H13BrN2O/c11-10-3-1-2-8(13-10)6-12-9-4-5-14-7-9/h1-3,9,12H,4-7H2. The molecule has 0 aliphatic carbocycles. The van der Waals surface area contributed by atoms with E-state index in [1.165, 1.54) is 0 Å². The molecule has 1 aliphatic rings. The first-order valence-corrected chi connectivity index (χ1v) is 5.56. The van der Waals surface area contributed by atoms with Crippen molar-refractivity contribution in [1.29, 1.82) is 0 Å². The van der Waals surface area contributed by atoms with Gasteiger partial charge in [-0.25, -0.2) is 4.98 Å². The van der Waals surface area contributed by atoms with E-state index in [-0.39, 0.29) is 0 Å². The third-order valence-electron chi connectivity index (χ3n) is 2.27. The Morgan fingerprint density at radius 3 is 3.21 bits per heavy atom. The molecule has 1 atom stereocenters. The maximum atomic E-state index is 5.28. The molecule has 1 aromatic heterocycles. The van der Waals surface area contributed by atoms with E-state index in [4.69, 9.17) is 4.74 Å². The fourth-order valence-corrected chi connectivity index (χ4v) is 1.87. The van der Waals surface area contributed by atoms with Crippen molar-refractivity contribution in [2.75, 3.05) is 13.2 Å².